The number of hydrogen-bond acceptors (Lipinski definition) is 3. The van der Waals surface area contributed by atoms with Crippen LogP contribution in [0, 0.1) is 0 Å². The first-order valence-corrected chi connectivity index (χ1v) is 8.70. The van der Waals surface area contributed by atoms with Crippen molar-refractivity contribution in [2.75, 3.05) is 25.9 Å². The average Bonchev–Trinajstić information content (AvgIpc) is 2.80. The molecule has 1 aromatic rings. The minimum atomic E-state index is -3.03. The number of hydrogen-bond donors (Lipinski definition) is 1. The van der Waals surface area contributed by atoms with Gasteiger partial charge in [0.1, 0.15) is 0 Å². The zero-order valence-electron chi connectivity index (χ0n) is 13.1. The van der Waals surface area contributed by atoms with E-state index in [9.17, 15) is 8.42 Å². The number of aryl methyl sites for hydroxylation is 1. The van der Waals surface area contributed by atoms with E-state index in [1.807, 2.05) is 34.8 Å². The van der Waals surface area contributed by atoms with Crippen LogP contribution in [0.3, 0.4) is 0 Å². The van der Waals surface area contributed by atoms with Crippen LogP contribution in [-0.2, 0) is 23.4 Å². The lowest BCUT2D eigenvalue weighted by Gasteiger charge is -2.39. The molecule has 1 aliphatic rings. The first-order valence-electron chi connectivity index (χ1n) is 7.05. The van der Waals surface area contributed by atoms with Gasteiger partial charge in [-0.2, -0.15) is 0 Å². The van der Waals surface area contributed by atoms with Gasteiger partial charge in [0.05, 0.1) is 17.0 Å². The summed E-state index contributed by atoms with van der Waals surface area (Å²) in [7, 11) is 0.693. The summed E-state index contributed by atoms with van der Waals surface area (Å²) < 4.78 is 25.4. The Morgan fingerprint density at radius 2 is 2.19 bits per heavy atom. The van der Waals surface area contributed by atoms with E-state index in [1.165, 1.54) is 0 Å². The SMILES string of the molecule is CN=C(NCc1cccn1C)N1CCS(=O)(=O)C(C)(C)C1. The Morgan fingerprint density at radius 1 is 1.48 bits per heavy atom. The second-order valence-corrected chi connectivity index (χ2v) is 8.75. The Morgan fingerprint density at radius 3 is 2.71 bits per heavy atom. The highest BCUT2D eigenvalue weighted by atomic mass is 32.2. The van der Waals surface area contributed by atoms with Crippen molar-refractivity contribution < 1.29 is 8.42 Å². The predicted molar refractivity (Wildman–Crippen MR) is 85.1 cm³/mol. The summed E-state index contributed by atoms with van der Waals surface area (Å²) in [6.45, 7) is 5.17. The molecular formula is C14H24N4O2S. The molecule has 2 rings (SSSR count). The van der Waals surface area contributed by atoms with Gasteiger partial charge in [0.15, 0.2) is 15.8 Å². The zero-order chi connectivity index (χ0) is 15.7. The normalized spacial score (nSPS) is 21.3. The topological polar surface area (TPSA) is 66.7 Å². The lowest BCUT2D eigenvalue weighted by molar-refractivity contribution is 0.353. The molecule has 1 aliphatic heterocycles. The molecule has 0 bridgehead atoms. The Labute approximate surface area is 126 Å². The lowest BCUT2D eigenvalue weighted by atomic mass is 10.2. The van der Waals surface area contributed by atoms with Crippen LogP contribution in [0.5, 0.6) is 0 Å². The largest absolute Gasteiger partial charge is 0.353 e. The van der Waals surface area contributed by atoms with E-state index in [-0.39, 0.29) is 5.75 Å². The molecular weight excluding hydrogens is 288 g/mol. The predicted octanol–water partition coefficient (Wildman–Crippen LogP) is 0.610. The van der Waals surface area contributed by atoms with Crippen LogP contribution in [0.15, 0.2) is 23.3 Å². The molecule has 0 aromatic carbocycles. The minimum Gasteiger partial charge on any atom is -0.353 e. The Balaban J connectivity index is 2.04. The molecule has 6 nitrogen and oxygen atoms in total. The van der Waals surface area contributed by atoms with Gasteiger partial charge in [-0.3, -0.25) is 4.99 Å². The van der Waals surface area contributed by atoms with Crippen LogP contribution in [0.2, 0.25) is 0 Å². The van der Waals surface area contributed by atoms with Crippen molar-refractivity contribution in [2.24, 2.45) is 12.0 Å². The highest BCUT2D eigenvalue weighted by Crippen LogP contribution is 2.23. The second-order valence-electron chi connectivity index (χ2n) is 6.01. The maximum atomic E-state index is 12.1. The van der Waals surface area contributed by atoms with Gasteiger partial charge < -0.3 is 14.8 Å². The number of guanidine groups is 1. The molecule has 0 saturated carbocycles. The third-order valence-electron chi connectivity index (χ3n) is 4.03. The van der Waals surface area contributed by atoms with Crippen LogP contribution in [-0.4, -0.2) is 54.5 Å². The molecule has 118 valence electrons. The van der Waals surface area contributed by atoms with Gasteiger partial charge >= 0.3 is 0 Å². The fraction of sp³-hybridized carbons (Fsp3) is 0.643. The first kappa shape index (κ1) is 15.9. The fourth-order valence-electron chi connectivity index (χ4n) is 2.51. The number of nitrogens with one attached hydrogen (secondary N) is 1. The van der Waals surface area contributed by atoms with Gasteiger partial charge in [-0.15, -0.1) is 0 Å². The summed E-state index contributed by atoms with van der Waals surface area (Å²) >= 11 is 0. The van der Waals surface area contributed by atoms with Gasteiger partial charge in [0.25, 0.3) is 0 Å². The van der Waals surface area contributed by atoms with Gasteiger partial charge in [-0.05, 0) is 26.0 Å². The molecule has 1 fully saturated rings. The number of aliphatic imine (C=N–C) groups is 1. The molecule has 0 amide bonds. The van der Waals surface area contributed by atoms with Gasteiger partial charge in [0.2, 0.25) is 0 Å². The summed E-state index contributed by atoms with van der Waals surface area (Å²) in [4.78, 5) is 6.30. The van der Waals surface area contributed by atoms with Crippen LogP contribution in [0.25, 0.3) is 0 Å². The molecule has 1 saturated heterocycles. The van der Waals surface area contributed by atoms with Crippen LogP contribution in [0.1, 0.15) is 19.5 Å². The highest BCUT2D eigenvalue weighted by molar-refractivity contribution is 7.92. The molecule has 7 heteroatoms. The maximum absolute atomic E-state index is 12.1. The average molecular weight is 312 g/mol. The van der Waals surface area contributed by atoms with Gasteiger partial charge in [-0.1, -0.05) is 0 Å². The van der Waals surface area contributed by atoms with E-state index in [1.54, 1.807) is 20.9 Å². The van der Waals surface area contributed by atoms with E-state index in [0.29, 0.717) is 19.6 Å². The minimum absolute atomic E-state index is 0.171. The second kappa shape index (κ2) is 5.71. The van der Waals surface area contributed by atoms with E-state index < -0.39 is 14.6 Å². The fourth-order valence-corrected chi connectivity index (χ4v) is 3.87. The van der Waals surface area contributed by atoms with E-state index in [4.69, 9.17) is 0 Å². The first-order chi connectivity index (χ1) is 9.77. The van der Waals surface area contributed by atoms with Crippen LogP contribution < -0.4 is 5.32 Å². The molecule has 0 radical (unpaired) electrons. The molecule has 0 unspecified atom stereocenters. The highest BCUT2D eigenvalue weighted by Gasteiger charge is 2.40. The summed E-state index contributed by atoms with van der Waals surface area (Å²) in [5.74, 6) is 0.921. The standard InChI is InChI=1S/C14H24N4O2S/c1-14(2)11-18(8-9-21(14,19)20)13(15-3)16-10-12-6-5-7-17(12)4/h5-7H,8-11H2,1-4H3,(H,15,16). The Kier molecular flexibility index (Phi) is 4.32. The van der Waals surface area contributed by atoms with Crippen LogP contribution in [0.4, 0.5) is 0 Å². The molecule has 1 N–H and O–H groups in total. The third-order valence-corrected chi connectivity index (χ3v) is 6.57. The number of rotatable bonds is 2. The van der Waals surface area contributed by atoms with Gasteiger partial charge in [-0.25, -0.2) is 8.42 Å². The van der Waals surface area contributed by atoms with Crippen molar-refractivity contribution in [3.63, 3.8) is 0 Å². The maximum Gasteiger partial charge on any atom is 0.194 e. The van der Waals surface area contributed by atoms with Crippen molar-refractivity contribution >= 4 is 15.8 Å². The molecule has 0 atom stereocenters. The molecule has 21 heavy (non-hydrogen) atoms. The lowest BCUT2D eigenvalue weighted by Crippen LogP contribution is -2.57. The summed E-state index contributed by atoms with van der Waals surface area (Å²) in [5, 5.41) is 3.31. The van der Waals surface area contributed by atoms with E-state index in [0.717, 1.165) is 11.7 Å². The van der Waals surface area contributed by atoms with Crippen LogP contribution >= 0.6 is 0 Å². The van der Waals surface area contributed by atoms with Crippen molar-refractivity contribution in [2.45, 2.75) is 25.1 Å². The Bertz CT molecular complexity index is 631. The van der Waals surface area contributed by atoms with Crippen molar-refractivity contribution in [1.29, 1.82) is 0 Å². The molecule has 2 heterocycles. The number of sulfone groups is 1. The third kappa shape index (κ3) is 3.23. The smallest absolute Gasteiger partial charge is 0.194 e. The number of nitrogens with zero attached hydrogens (tertiary/aromatic N) is 3. The zero-order valence-corrected chi connectivity index (χ0v) is 13.9. The van der Waals surface area contributed by atoms with Crippen molar-refractivity contribution in [3.05, 3.63) is 24.0 Å². The molecule has 0 spiro atoms. The molecule has 1 aromatic heterocycles. The van der Waals surface area contributed by atoms with E-state index in [2.05, 4.69) is 10.3 Å². The van der Waals surface area contributed by atoms with Crippen molar-refractivity contribution in [1.82, 2.24) is 14.8 Å². The van der Waals surface area contributed by atoms with Crippen molar-refractivity contribution in [3.8, 4) is 0 Å². The summed E-state index contributed by atoms with van der Waals surface area (Å²) in [6.07, 6.45) is 2.00. The van der Waals surface area contributed by atoms with Gasteiger partial charge in [0, 0.05) is 39.1 Å². The number of aromatic nitrogens is 1. The molecule has 0 aliphatic carbocycles. The quantitative estimate of drug-likeness (QED) is 0.642. The van der Waals surface area contributed by atoms with E-state index >= 15 is 0 Å². The Hall–Kier alpha value is -1.50. The monoisotopic (exact) mass is 312 g/mol. The summed E-state index contributed by atoms with van der Waals surface area (Å²) in [6, 6.07) is 4.04. The summed E-state index contributed by atoms with van der Waals surface area (Å²) in [5.41, 5.74) is 1.15.